The molecule has 0 aliphatic carbocycles. The van der Waals surface area contributed by atoms with Crippen LogP contribution in [0.25, 0.3) is 0 Å². The number of benzene rings is 1. The molecule has 0 amide bonds. The summed E-state index contributed by atoms with van der Waals surface area (Å²) in [5, 5.41) is 7.38. The molecule has 0 saturated carbocycles. The molecule has 2 fully saturated rings. The highest BCUT2D eigenvalue weighted by Crippen LogP contribution is 2.27. The van der Waals surface area contributed by atoms with Crippen LogP contribution in [0.15, 0.2) is 42.6 Å². The number of piperidine rings is 1. The topological polar surface area (TPSA) is 49.4 Å². The second-order valence-electron chi connectivity index (χ2n) is 7.53. The monoisotopic (exact) mass is 438 g/mol. The van der Waals surface area contributed by atoms with E-state index in [1.165, 1.54) is 30.5 Å². The van der Waals surface area contributed by atoms with Gasteiger partial charge in [0.1, 0.15) is 0 Å². The maximum atomic E-state index is 5.53. The van der Waals surface area contributed by atoms with Crippen LogP contribution in [0.5, 0.6) is 5.88 Å². The number of rotatable bonds is 6. The Labute approximate surface area is 186 Å². The van der Waals surface area contributed by atoms with Crippen molar-refractivity contribution in [2.45, 2.75) is 44.3 Å². The third-order valence-electron chi connectivity index (χ3n) is 5.76. The van der Waals surface area contributed by atoms with Crippen molar-refractivity contribution in [2.24, 2.45) is 0 Å². The highest BCUT2D eigenvalue weighted by atomic mass is 35.5. The fraction of sp³-hybridized carbons (Fsp3) is 0.500. The molecule has 4 rings (SSSR count). The lowest BCUT2D eigenvalue weighted by atomic mass is 10.0. The number of hydrogen-bond acceptors (Lipinski definition) is 5. The average Bonchev–Trinajstić information content (AvgIpc) is 3.22. The van der Waals surface area contributed by atoms with Crippen molar-refractivity contribution in [3.8, 4) is 5.88 Å². The van der Waals surface area contributed by atoms with Gasteiger partial charge in [-0.2, -0.15) is 0 Å². The Morgan fingerprint density at radius 1 is 1.14 bits per heavy atom. The fourth-order valence-corrected chi connectivity index (χ4v) is 4.30. The molecule has 2 saturated heterocycles. The highest BCUT2D eigenvalue weighted by Gasteiger charge is 2.27. The van der Waals surface area contributed by atoms with Crippen molar-refractivity contribution in [1.82, 2.24) is 15.6 Å². The van der Waals surface area contributed by atoms with Crippen LogP contribution in [0, 0.1) is 0 Å². The standard InChI is InChI=1S/C22H30N4O.2ClH/c1-27-22-18(14-19(16-25-22)26-12-6-3-7-13-26)15-24-20-10-11-23-21(20)17-8-4-2-5-9-17;;/h2,4-5,8-9,14,16,20-21,23-24H,3,6-7,10-13,15H2,1H3;2*1H/t20-,21-;;/m0../s1. The lowest BCUT2D eigenvalue weighted by Gasteiger charge is -2.29. The van der Waals surface area contributed by atoms with Crippen molar-refractivity contribution in [3.05, 3.63) is 53.7 Å². The molecule has 2 N–H and O–H groups in total. The highest BCUT2D eigenvalue weighted by molar-refractivity contribution is 5.85. The fourth-order valence-electron chi connectivity index (χ4n) is 4.30. The van der Waals surface area contributed by atoms with Gasteiger partial charge in [0.2, 0.25) is 5.88 Å². The number of hydrogen-bond donors (Lipinski definition) is 2. The molecule has 2 aromatic rings. The molecular weight excluding hydrogens is 407 g/mol. The molecule has 2 aliphatic rings. The summed E-state index contributed by atoms with van der Waals surface area (Å²) in [6.07, 6.45) is 6.96. The third-order valence-corrected chi connectivity index (χ3v) is 5.76. The number of aromatic nitrogens is 1. The number of nitrogens with one attached hydrogen (secondary N) is 2. The largest absolute Gasteiger partial charge is 0.481 e. The molecule has 1 aromatic carbocycles. The molecule has 5 nitrogen and oxygen atoms in total. The Bertz CT molecular complexity index is 741. The number of anilines is 1. The molecule has 0 radical (unpaired) electrons. The summed E-state index contributed by atoms with van der Waals surface area (Å²) in [4.78, 5) is 7.02. The van der Waals surface area contributed by atoms with E-state index in [1.54, 1.807) is 7.11 Å². The van der Waals surface area contributed by atoms with E-state index < -0.39 is 0 Å². The number of nitrogens with zero attached hydrogens (tertiary/aromatic N) is 2. The Morgan fingerprint density at radius 3 is 2.62 bits per heavy atom. The van der Waals surface area contributed by atoms with Crippen LogP contribution in [0.1, 0.15) is 42.9 Å². The Morgan fingerprint density at radius 2 is 1.90 bits per heavy atom. The molecular formula is C22H32Cl2N4O. The molecule has 0 bridgehead atoms. The quantitative estimate of drug-likeness (QED) is 0.710. The van der Waals surface area contributed by atoms with Gasteiger partial charge in [-0.05, 0) is 43.9 Å². The first-order valence-corrected chi connectivity index (χ1v) is 10.1. The summed E-state index contributed by atoms with van der Waals surface area (Å²) in [6.45, 7) is 4.07. The van der Waals surface area contributed by atoms with E-state index in [0.29, 0.717) is 12.1 Å². The Hall–Kier alpha value is -1.53. The van der Waals surface area contributed by atoms with Gasteiger partial charge in [-0.1, -0.05) is 30.3 Å². The molecule has 2 aliphatic heterocycles. The van der Waals surface area contributed by atoms with E-state index in [4.69, 9.17) is 4.74 Å². The molecule has 29 heavy (non-hydrogen) atoms. The van der Waals surface area contributed by atoms with E-state index in [0.717, 1.165) is 44.0 Å². The van der Waals surface area contributed by atoms with Crippen molar-refractivity contribution < 1.29 is 4.74 Å². The maximum absolute atomic E-state index is 5.53. The Kier molecular flexibility index (Phi) is 9.50. The van der Waals surface area contributed by atoms with Crippen LogP contribution in [0.2, 0.25) is 0 Å². The van der Waals surface area contributed by atoms with Crippen LogP contribution >= 0.6 is 24.8 Å². The van der Waals surface area contributed by atoms with Crippen molar-refractivity contribution in [1.29, 1.82) is 0 Å². The minimum atomic E-state index is 0. The minimum absolute atomic E-state index is 0. The summed E-state index contributed by atoms with van der Waals surface area (Å²) in [5.74, 6) is 0.727. The van der Waals surface area contributed by atoms with Crippen LogP contribution < -0.4 is 20.3 Å². The van der Waals surface area contributed by atoms with Gasteiger partial charge >= 0.3 is 0 Å². The smallest absolute Gasteiger partial charge is 0.217 e. The van der Waals surface area contributed by atoms with E-state index in [2.05, 4.69) is 56.9 Å². The van der Waals surface area contributed by atoms with E-state index in [9.17, 15) is 0 Å². The molecule has 0 unspecified atom stereocenters. The van der Waals surface area contributed by atoms with Crippen LogP contribution in [0.4, 0.5) is 5.69 Å². The van der Waals surface area contributed by atoms with Gasteiger partial charge < -0.3 is 20.3 Å². The van der Waals surface area contributed by atoms with Crippen molar-refractivity contribution in [2.75, 3.05) is 31.6 Å². The molecule has 1 aromatic heterocycles. The first kappa shape index (κ1) is 23.7. The van der Waals surface area contributed by atoms with Crippen molar-refractivity contribution >= 4 is 30.5 Å². The molecule has 0 spiro atoms. The minimum Gasteiger partial charge on any atom is -0.481 e. The SMILES string of the molecule is COc1ncc(N2CCCCC2)cc1CN[C@H]1CCN[C@H]1c1ccccc1.Cl.Cl. The van der Waals surface area contributed by atoms with Crippen LogP contribution in [-0.4, -0.2) is 37.8 Å². The number of methoxy groups -OCH3 is 1. The second-order valence-corrected chi connectivity index (χ2v) is 7.53. The van der Waals surface area contributed by atoms with Gasteiger partial charge in [-0.25, -0.2) is 4.98 Å². The number of ether oxygens (including phenoxy) is 1. The van der Waals surface area contributed by atoms with Gasteiger partial charge in [-0.3, -0.25) is 0 Å². The summed E-state index contributed by atoms with van der Waals surface area (Å²) >= 11 is 0. The summed E-state index contributed by atoms with van der Waals surface area (Å²) < 4.78 is 5.53. The van der Waals surface area contributed by atoms with E-state index >= 15 is 0 Å². The van der Waals surface area contributed by atoms with Gasteiger partial charge in [0, 0.05) is 37.3 Å². The van der Waals surface area contributed by atoms with Crippen LogP contribution in [0.3, 0.4) is 0 Å². The van der Waals surface area contributed by atoms with Crippen molar-refractivity contribution in [3.63, 3.8) is 0 Å². The van der Waals surface area contributed by atoms with Gasteiger partial charge in [-0.15, -0.1) is 24.8 Å². The zero-order valence-corrected chi connectivity index (χ0v) is 18.6. The summed E-state index contributed by atoms with van der Waals surface area (Å²) in [7, 11) is 1.70. The first-order chi connectivity index (χ1) is 13.3. The van der Waals surface area contributed by atoms with E-state index in [-0.39, 0.29) is 24.8 Å². The second kappa shape index (κ2) is 11.6. The van der Waals surface area contributed by atoms with Crippen LogP contribution in [-0.2, 0) is 6.54 Å². The molecule has 7 heteroatoms. The van der Waals surface area contributed by atoms with Gasteiger partial charge in [0.05, 0.1) is 19.0 Å². The summed E-state index contributed by atoms with van der Waals surface area (Å²) in [6, 6.07) is 13.7. The molecule has 3 heterocycles. The lowest BCUT2D eigenvalue weighted by molar-refractivity contribution is 0.385. The number of halogens is 2. The first-order valence-electron chi connectivity index (χ1n) is 10.1. The van der Waals surface area contributed by atoms with Gasteiger partial charge in [0.15, 0.2) is 0 Å². The number of pyridine rings is 1. The Balaban J connectivity index is 0.00000150. The maximum Gasteiger partial charge on any atom is 0.217 e. The molecule has 160 valence electrons. The normalized spacial score (nSPS) is 21.2. The van der Waals surface area contributed by atoms with Gasteiger partial charge in [0.25, 0.3) is 0 Å². The summed E-state index contributed by atoms with van der Waals surface area (Å²) in [5.41, 5.74) is 3.70. The third kappa shape index (κ3) is 5.76. The zero-order chi connectivity index (χ0) is 18.5. The predicted octanol–water partition coefficient (Wildman–Crippen LogP) is 4.12. The average molecular weight is 439 g/mol. The zero-order valence-electron chi connectivity index (χ0n) is 17.0. The molecule has 2 atom stereocenters. The predicted molar refractivity (Wildman–Crippen MR) is 124 cm³/mol. The van der Waals surface area contributed by atoms with E-state index in [1.807, 2.05) is 6.20 Å². The lowest BCUT2D eigenvalue weighted by Crippen LogP contribution is -2.34.